The molecule has 0 heterocycles. The largest absolute Gasteiger partial charge is 0.391 e. The highest BCUT2D eigenvalue weighted by atomic mass is 19.2. The van der Waals surface area contributed by atoms with Gasteiger partial charge >= 0.3 is 11.9 Å². The molecule has 6 heteroatoms. The molecule has 0 rings (SSSR count). The number of ether oxygens (including phenoxy) is 1. The summed E-state index contributed by atoms with van der Waals surface area (Å²) in [5.74, 6) is -1.86. The number of nitrogens with two attached hydrogens (primary N) is 1. The molecule has 0 bridgehead atoms. The van der Waals surface area contributed by atoms with Crippen molar-refractivity contribution in [1.82, 2.24) is 5.54 Å². The zero-order valence-corrected chi connectivity index (χ0v) is 6.83. The summed E-state index contributed by atoms with van der Waals surface area (Å²) < 4.78 is 15.8. The van der Waals surface area contributed by atoms with Crippen LogP contribution in [0.3, 0.4) is 0 Å². The molecule has 0 saturated carbocycles. The summed E-state index contributed by atoms with van der Waals surface area (Å²) in [4.78, 5) is 21.3. The van der Waals surface area contributed by atoms with Gasteiger partial charge in [-0.2, -0.15) is 0 Å². The minimum absolute atomic E-state index is 0.873. The van der Waals surface area contributed by atoms with E-state index in [0.29, 0.717) is 0 Å². The first-order valence-electron chi connectivity index (χ1n) is 3.36. The van der Waals surface area contributed by atoms with Gasteiger partial charge in [-0.25, -0.2) is 9.59 Å². The molecule has 3 N–H and O–H groups in total. The van der Waals surface area contributed by atoms with Crippen LogP contribution in [0.4, 0.5) is 4.48 Å². The van der Waals surface area contributed by atoms with Crippen LogP contribution in [-0.4, -0.2) is 24.0 Å². The van der Waals surface area contributed by atoms with Crippen molar-refractivity contribution >= 4 is 11.9 Å². The van der Waals surface area contributed by atoms with Crippen LogP contribution >= 0.6 is 0 Å². The van der Waals surface area contributed by atoms with E-state index in [4.69, 9.17) is 5.73 Å². The minimum Gasteiger partial charge on any atom is -0.391 e. The molecule has 0 radical (unpaired) electrons. The zero-order chi connectivity index (χ0) is 9.72. The quantitative estimate of drug-likeness (QED) is 0.338. The van der Waals surface area contributed by atoms with Crippen LogP contribution in [-0.2, 0) is 14.3 Å². The lowest BCUT2D eigenvalue weighted by Gasteiger charge is -2.07. The van der Waals surface area contributed by atoms with Crippen molar-refractivity contribution in [3.05, 3.63) is 0 Å². The number of esters is 2. The van der Waals surface area contributed by atoms with Crippen LogP contribution in [0.2, 0.25) is 0 Å². The van der Waals surface area contributed by atoms with E-state index in [1.165, 1.54) is 13.8 Å². The van der Waals surface area contributed by atoms with Crippen LogP contribution in [0.5, 0.6) is 0 Å². The van der Waals surface area contributed by atoms with Crippen LogP contribution in [0.1, 0.15) is 13.8 Å². The van der Waals surface area contributed by atoms with Crippen LogP contribution < -0.4 is 11.3 Å². The average molecular weight is 178 g/mol. The Balaban J connectivity index is 3.93. The number of carbonyl (C=O) groups excluding carboxylic acids is 2. The number of hydrogen-bond donors (Lipinski definition) is 2. The molecule has 0 aliphatic carbocycles. The Hall–Kier alpha value is -1.01. The van der Waals surface area contributed by atoms with Gasteiger partial charge in [-0.3, -0.25) is 0 Å². The Morgan fingerprint density at radius 1 is 1.42 bits per heavy atom. The lowest BCUT2D eigenvalue weighted by atomic mass is 10.3. The molecule has 0 aliphatic rings. The first kappa shape index (κ1) is 11.0. The molecular formula is C6H11FN2O3. The lowest BCUT2D eigenvalue weighted by Crippen LogP contribution is -2.37. The minimum atomic E-state index is -1.16. The number of carbonyl (C=O) groups is 2. The van der Waals surface area contributed by atoms with Gasteiger partial charge in [-0.1, -0.05) is 0 Å². The summed E-state index contributed by atoms with van der Waals surface area (Å²) in [5, 5.41) is 0. The molecule has 70 valence electrons. The average Bonchev–Trinajstić information content (AvgIpc) is 2.02. The van der Waals surface area contributed by atoms with Crippen LogP contribution in [0, 0.1) is 0 Å². The Bertz CT molecular complexity index is 184. The molecule has 0 aliphatic heterocycles. The molecular weight excluding hydrogens is 167 g/mol. The van der Waals surface area contributed by atoms with E-state index in [0.717, 1.165) is 5.54 Å². The maximum atomic E-state index is 11.6. The van der Waals surface area contributed by atoms with E-state index in [-0.39, 0.29) is 0 Å². The van der Waals surface area contributed by atoms with E-state index in [1.807, 2.05) is 0 Å². The molecule has 0 saturated heterocycles. The molecule has 0 aromatic carbocycles. The fourth-order valence-corrected chi connectivity index (χ4v) is 0.325. The van der Waals surface area contributed by atoms with E-state index in [1.54, 1.807) is 0 Å². The SMILES string of the molecule is C[C@H](N)C(=O)OC(=O)[C@@H](C)NF. The highest BCUT2D eigenvalue weighted by Gasteiger charge is 2.19. The highest BCUT2D eigenvalue weighted by molar-refractivity contribution is 5.90. The Morgan fingerprint density at radius 2 is 1.92 bits per heavy atom. The van der Waals surface area contributed by atoms with Gasteiger partial charge in [0.2, 0.25) is 0 Å². The molecule has 2 atom stereocenters. The van der Waals surface area contributed by atoms with Gasteiger partial charge in [-0.05, 0) is 13.8 Å². The predicted octanol–water partition coefficient (Wildman–Crippen LogP) is -0.734. The maximum Gasteiger partial charge on any atom is 0.333 e. The number of hydrogen-bond acceptors (Lipinski definition) is 5. The third-order valence-electron chi connectivity index (χ3n) is 1.09. The van der Waals surface area contributed by atoms with Gasteiger partial charge in [0.25, 0.3) is 0 Å². The molecule has 0 spiro atoms. The Labute approximate surface area is 69.0 Å². The zero-order valence-electron chi connectivity index (χ0n) is 6.83. The molecule has 0 amide bonds. The van der Waals surface area contributed by atoms with E-state index in [2.05, 4.69) is 4.74 Å². The Morgan fingerprint density at radius 3 is 2.25 bits per heavy atom. The van der Waals surface area contributed by atoms with Gasteiger partial charge in [0, 0.05) is 0 Å². The summed E-state index contributed by atoms with van der Waals surface area (Å²) >= 11 is 0. The summed E-state index contributed by atoms with van der Waals surface area (Å²) in [6.07, 6.45) is 0. The highest BCUT2D eigenvalue weighted by Crippen LogP contribution is 1.91. The maximum absolute atomic E-state index is 11.6. The first-order valence-corrected chi connectivity index (χ1v) is 3.36. The molecule has 0 fully saturated rings. The third-order valence-corrected chi connectivity index (χ3v) is 1.09. The van der Waals surface area contributed by atoms with Crippen molar-refractivity contribution in [2.24, 2.45) is 5.73 Å². The summed E-state index contributed by atoms with van der Waals surface area (Å²) in [5.41, 5.74) is 6.23. The molecule has 0 aromatic heterocycles. The van der Waals surface area contributed by atoms with Crippen molar-refractivity contribution in [2.75, 3.05) is 0 Å². The van der Waals surface area contributed by atoms with Crippen molar-refractivity contribution in [2.45, 2.75) is 25.9 Å². The second-order valence-electron chi connectivity index (χ2n) is 2.36. The van der Waals surface area contributed by atoms with Gasteiger partial charge in [0.05, 0.1) is 0 Å². The smallest absolute Gasteiger partial charge is 0.333 e. The van der Waals surface area contributed by atoms with Crippen LogP contribution in [0.15, 0.2) is 0 Å². The molecule has 12 heavy (non-hydrogen) atoms. The monoisotopic (exact) mass is 178 g/mol. The van der Waals surface area contributed by atoms with Crippen LogP contribution in [0.25, 0.3) is 0 Å². The fourth-order valence-electron chi connectivity index (χ4n) is 0.325. The first-order chi connectivity index (χ1) is 5.49. The molecule has 5 nitrogen and oxygen atoms in total. The molecule has 0 unspecified atom stereocenters. The number of halogens is 1. The summed E-state index contributed by atoms with van der Waals surface area (Å²) in [6.45, 7) is 2.58. The van der Waals surface area contributed by atoms with Crippen molar-refractivity contribution < 1.29 is 18.8 Å². The fraction of sp³-hybridized carbons (Fsp3) is 0.667. The van der Waals surface area contributed by atoms with Crippen molar-refractivity contribution in [3.8, 4) is 0 Å². The Kier molecular flexibility index (Phi) is 4.38. The van der Waals surface area contributed by atoms with Gasteiger partial charge in [-0.15, -0.1) is 10.0 Å². The van der Waals surface area contributed by atoms with E-state index < -0.39 is 24.0 Å². The summed E-state index contributed by atoms with van der Waals surface area (Å²) in [6, 6.07) is -2.05. The second-order valence-corrected chi connectivity index (χ2v) is 2.36. The predicted molar refractivity (Wildman–Crippen MR) is 38.5 cm³/mol. The van der Waals surface area contributed by atoms with Crippen molar-refractivity contribution in [1.29, 1.82) is 0 Å². The number of rotatable bonds is 3. The molecule has 0 aromatic rings. The summed E-state index contributed by atoms with van der Waals surface area (Å²) in [7, 11) is 0. The van der Waals surface area contributed by atoms with Gasteiger partial charge in [0.1, 0.15) is 12.1 Å². The standard InChI is InChI=1S/C6H11FN2O3/c1-3(8)5(10)12-6(11)4(2)9-7/h3-4,9H,8H2,1-2H3/t3-,4+/m0/s1. The lowest BCUT2D eigenvalue weighted by molar-refractivity contribution is -0.162. The van der Waals surface area contributed by atoms with E-state index >= 15 is 0 Å². The third kappa shape index (κ3) is 3.40. The van der Waals surface area contributed by atoms with Gasteiger partial charge in [0.15, 0.2) is 0 Å². The van der Waals surface area contributed by atoms with Gasteiger partial charge < -0.3 is 10.5 Å². The number of nitrogens with one attached hydrogen (secondary N) is 1. The normalized spacial score (nSPS) is 15.0. The van der Waals surface area contributed by atoms with Crippen molar-refractivity contribution in [3.63, 3.8) is 0 Å². The topological polar surface area (TPSA) is 81.4 Å². The second kappa shape index (κ2) is 4.78. The van der Waals surface area contributed by atoms with E-state index in [9.17, 15) is 14.1 Å².